The van der Waals surface area contributed by atoms with Crippen molar-refractivity contribution in [2.75, 3.05) is 0 Å². The first kappa shape index (κ1) is 9.92. The van der Waals surface area contributed by atoms with Gasteiger partial charge in [0, 0.05) is 36.5 Å². The van der Waals surface area contributed by atoms with Crippen molar-refractivity contribution in [2.45, 2.75) is 13.1 Å². The Balaban J connectivity index is 0. The van der Waals surface area contributed by atoms with Gasteiger partial charge in [-0.3, -0.25) is 0 Å². The monoisotopic (exact) mass is 107 g/mol. The summed E-state index contributed by atoms with van der Waals surface area (Å²) in [5, 5.41) is 0. The molecule has 0 saturated carbocycles. The molecule has 0 aliphatic carbocycles. The molecule has 0 aliphatic heterocycles. The zero-order valence-electron chi connectivity index (χ0n) is 3.63. The third kappa shape index (κ3) is 110. The largest absolute Gasteiger partial charge is 0.386 e. The molecule has 0 fully saturated rings. The SMILES string of the molecule is CC(F)(F)F.[Na]. The predicted molar refractivity (Wildman–Crippen MR) is 17.5 cm³/mol. The van der Waals surface area contributed by atoms with Gasteiger partial charge >= 0.3 is 6.18 Å². The molecule has 0 heterocycles. The molecule has 0 aliphatic rings. The van der Waals surface area contributed by atoms with Gasteiger partial charge in [-0.05, 0) is 0 Å². The van der Waals surface area contributed by atoms with E-state index >= 15 is 0 Å². The Morgan fingerprint density at radius 3 is 1.17 bits per heavy atom. The first-order chi connectivity index (χ1) is 2.00. The van der Waals surface area contributed by atoms with Gasteiger partial charge in [0.25, 0.3) is 0 Å². The molecule has 0 aromatic carbocycles. The number of hydrogen-bond donors (Lipinski definition) is 0. The van der Waals surface area contributed by atoms with E-state index in [2.05, 4.69) is 0 Å². The van der Waals surface area contributed by atoms with Crippen LogP contribution in [0.2, 0.25) is 0 Å². The van der Waals surface area contributed by atoms with Crippen molar-refractivity contribution in [3.63, 3.8) is 0 Å². The maximum absolute atomic E-state index is 10.4. The molecule has 0 nitrogen and oxygen atoms in total. The second-order valence-electron chi connectivity index (χ2n) is 0.781. The summed E-state index contributed by atoms with van der Waals surface area (Å²) in [5.74, 6) is 0. The van der Waals surface area contributed by atoms with Crippen LogP contribution < -0.4 is 0 Å². The van der Waals surface area contributed by atoms with Gasteiger partial charge in [0.15, 0.2) is 0 Å². The molecule has 0 amide bonds. The molecule has 33 valence electrons. The molecule has 0 saturated heterocycles. The molecule has 1 radical (unpaired) electrons. The van der Waals surface area contributed by atoms with E-state index in [4.69, 9.17) is 0 Å². The second-order valence-corrected chi connectivity index (χ2v) is 0.781. The van der Waals surface area contributed by atoms with Gasteiger partial charge in [-0.25, -0.2) is 0 Å². The van der Waals surface area contributed by atoms with Crippen LogP contribution in [0.1, 0.15) is 6.92 Å². The van der Waals surface area contributed by atoms with E-state index in [1.807, 2.05) is 0 Å². The molecule has 0 unspecified atom stereocenters. The maximum Gasteiger partial charge on any atom is 0.386 e. The van der Waals surface area contributed by atoms with Crippen LogP contribution in [0, 0.1) is 0 Å². The molecule has 6 heavy (non-hydrogen) atoms. The van der Waals surface area contributed by atoms with Gasteiger partial charge in [0.2, 0.25) is 0 Å². The summed E-state index contributed by atoms with van der Waals surface area (Å²) in [4.78, 5) is 0. The van der Waals surface area contributed by atoms with Crippen LogP contribution in [0.3, 0.4) is 0 Å². The number of alkyl halides is 3. The fraction of sp³-hybridized carbons (Fsp3) is 1.00. The average molecular weight is 107 g/mol. The molecule has 0 aromatic rings. The second kappa shape index (κ2) is 2.88. The van der Waals surface area contributed by atoms with Crippen molar-refractivity contribution in [1.82, 2.24) is 0 Å². The van der Waals surface area contributed by atoms with E-state index in [0.29, 0.717) is 0 Å². The molecular formula is C2H3F3Na. The molecular weight excluding hydrogens is 104 g/mol. The van der Waals surface area contributed by atoms with Crippen LogP contribution in [-0.2, 0) is 0 Å². The fourth-order valence-electron chi connectivity index (χ4n) is 0. The van der Waals surface area contributed by atoms with E-state index in [0.717, 1.165) is 0 Å². The summed E-state index contributed by atoms with van der Waals surface area (Å²) in [7, 11) is 0. The summed E-state index contributed by atoms with van der Waals surface area (Å²) in [6, 6.07) is 0. The summed E-state index contributed by atoms with van der Waals surface area (Å²) < 4.78 is 31.1. The standard InChI is InChI=1S/C2H3F3.Na/c1-2(3,4)5;/h1H3;. The van der Waals surface area contributed by atoms with Crippen molar-refractivity contribution in [3.05, 3.63) is 0 Å². The maximum atomic E-state index is 10.4. The number of halogens is 3. The Labute approximate surface area is 56.0 Å². The Kier molecular flexibility index (Phi) is 4.76. The molecule has 0 rings (SSSR count). The normalized spacial score (nSPS) is 10.0. The molecule has 0 aromatic heterocycles. The van der Waals surface area contributed by atoms with Crippen LogP contribution in [0.5, 0.6) is 0 Å². The zero-order valence-corrected chi connectivity index (χ0v) is 5.63. The van der Waals surface area contributed by atoms with Gasteiger partial charge in [-0.1, -0.05) is 0 Å². The topological polar surface area (TPSA) is 0 Å². The third-order valence-corrected chi connectivity index (χ3v) is 0. The molecule has 0 N–H and O–H groups in total. The van der Waals surface area contributed by atoms with E-state index in [1.165, 1.54) is 0 Å². The third-order valence-electron chi connectivity index (χ3n) is 0. The van der Waals surface area contributed by atoms with E-state index in [9.17, 15) is 13.2 Å². The van der Waals surface area contributed by atoms with Crippen molar-refractivity contribution in [3.8, 4) is 0 Å². The molecule has 4 heteroatoms. The number of rotatable bonds is 0. The van der Waals surface area contributed by atoms with Crippen LogP contribution in [0.25, 0.3) is 0 Å². The van der Waals surface area contributed by atoms with E-state index < -0.39 is 6.18 Å². The summed E-state index contributed by atoms with van der Waals surface area (Å²) in [6.07, 6.45) is -4.00. The Bertz CT molecular complexity index is 24.3. The zero-order chi connectivity index (χ0) is 4.50. The van der Waals surface area contributed by atoms with E-state index in [-0.39, 0.29) is 36.5 Å². The van der Waals surface area contributed by atoms with Gasteiger partial charge in [0.05, 0.1) is 0 Å². The molecule has 0 spiro atoms. The van der Waals surface area contributed by atoms with Crippen LogP contribution in [0.15, 0.2) is 0 Å². The van der Waals surface area contributed by atoms with E-state index in [1.54, 1.807) is 0 Å². The Morgan fingerprint density at radius 2 is 1.17 bits per heavy atom. The van der Waals surface area contributed by atoms with Gasteiger partial charge < -0.3 is 0 Å². The van der Waals surface area contributed by atoms with Gasteiger partial charge in [0.1, 0.15) is 0 Å². The molecule has 0 bridgehead atoms. The summed E-state index contributed by atoms with van der Waals surface area (Å²) >= 11 is 0. The smallest absolute Gasteiger partial charge is 0.172 e. The molecule has 0 atom stereocenters. The first-order valence-electron chi connectivity index (χ1n) is 1.07. The quantitative estimate of drug-likeness (QED) is 0.408. The minimum absolute atomic E-state index is 0. The van der Waals surface area contributed by atoms with Crippen molar-refractivity contribution >= 4 is 29.6 Å². The average Bonchev–Trinajstić information content (AvgIpc) is 0.722. The summed E-state index contributed by atoms with van der Waals surface area (Å²) in [5.41, 5.74) is 0. The minimum atomic E-state index is -4.00. The van der Waals surface area contributed by atoms with Crippen LogP contribution in [0.4, 0.5) is 13.2 Å². The van der Waals surface area contributed by atoms with Crippen molar-refractivity contribution < 1.29 is 13.2 Å². The van der Waals surface area contributed by atoms with Gasteiger partial charge in [-0.15, -0.1) is 0 Å². The first-order valence-corrected chi connectivity index (χ1v) is 1.07. The predicted octanol–water partition coefficient (Wildman–Crippen LogP) is 1.19. The minimum Gasteiger partial charge on any atom is -0.172 e. The Hall–Kier alpha value is 0.790. The number of hydrogen-bond acceptors (Lipinski definition) is 0. The Morgan fingerprint density at radius 1 is 1.17 bits per heavy atom. The van der Waals surface area contributed by atoms with Crippen molar-refractivity contribution in [2.24, 2.45) is 0 Å². The summed E-state index contributed by atoms with van der Waals surface area (Å²) in [6.45, 7) is 0.188. The van der Waals surface area contributed by atoms with Crippen molar-refractivity contribution in [1.29, 1.82) is 0 Å². The fourth-order valence-corrected chi connectivity index (χ4v) is 0. The van der Waals surface area contributed by atoms with Gasteiger partial charge in [-0.2, -0.15) is 13.2 Å². The van der Waals surface area contributed by atoms with Crippen LogP contribution >= 0.6 is 0 Å². The van der Waals surface area contributed by atoms with Crippen LogP contribution in [-0.4, -0.2) is 35.7 Å².